The van der Waals surface area contributed by atoms with Crippen molar-refractivity contribution in [3.05, 3.63) is 0 Å². The zero-order chi connectivity index (χ0) is 24.7. The molecule has 4 nitrogen and oxygen atoms in total. The topological polar surface area (TPSA) is 80.3 Å². The largest absolute Gasteiger partial charge is 2.00 e. The first-order valence-corrected chi connectivity index (χ1v) is 19.5. The smallest absolute Gasteiger partial charge is 0.784 e. The van der Waals surface area contributed by atoms with Gasteiger partial charge in [0.15, 0.2) is 0 Å². The van der Waals surface area contributed by atoms with Crippen LogP contribution in [0.4, 0.5) is 0 Å². The van der Waals surface area contributed by atoms with Crippen LogP contribution in [-0.4, -0.2) is 19.0 Å². The molecule has 0 heterocycles. The Kier molecular flexibility index (Phi) is 18.2. The van der Waals surface area contributed by atoms with E-state index in [0.717, 1.165) is 71.2 Å². The third-order valence-electron chi connectivity index (χ3n) is 4.84. The molecule has 0 amide bonds. The second kappa shape index (κ2) is 14.8. The maximum atomic E-state index is 11.9. The second-order valence-electron chi connectivity index (χ2n) is 9.71. The van der Waals surface area contributed by atoms with Crippen molar-refractivity contribution in [1.82, 2.24) is 0 Å². The van der Waals surface area contributed by atoms with Gasteiger partial charge in [0.2, 0.25) is 0 Å². The van der Waals surface area contributed by atoms with Crippen LogP contribution in [0.3, 0.4) is 0 Å². The van der Waals surface area contributed by atoms with Crippen LogP contribution in [0.2, 0.25) is 0 Å². The summed E-state index contributed by atoms with van der Waals surface area (Å²) in [6.07, 6.45) is 3.43. The summed E-state index contributed by atoms with van der Waals surface area (Å²) in [6, 6.07) is 0. The molecule has 0 radical (unpaired) electrons. The van der Waals surface area contributed by atoms with Crippen molar-refractivity contribution in [3.63, 3.8) is 0 Å². The fourth-order valence-corrected chi connectivity index (χ4v) is 21.5. The summed E-state index contributed by atoms with van der Waals surface area (Å²) in [5, 5.41) is 0. The molecule has 11 heteroatoms. The first-order valence-electron chi connectivity index (χ1n) is 10.5. The van der Waals surface area contributed by atoms with Gasteiger partial charge in [0.25, 0.3) is 0 Å². The van der Waals surface area contributed by atoms with E-state index in [-0.39, 0.29) is 38.5 Å². The molecule has 0 aromatic rings. The average molecular weight is 604 g/mol. The van der Waals surface area contributed by atoms with Crippen molar-refractivity contribution in [2.24, 2.45) is 0 Å². The Hall–Kier alpha value is 2.40. The maximum absolute atomic E-state index is 11.9. The summed E-state index contributed by atoms with van der Waals surface area (Å²) in [5.41, 5.74) is 0. The van der Waals surface area contributed by atoms with Crippen LogP contribution < -0.4 is 9.79 Å². The Morgan fingerprint density at radius 3 is 0.742 bits per heavy atom. The minimum absolute atomic E-state index is 0. The molecule has 0 aromatic carbocycles. The van der Waals surface area contributed by atoms with Gasteiger partial charge in [0.1, 0.15) is 11.5 Å². The molecule has 0 aliphatic carbocycles. The van der Waals surface area contributed by atoms with E-state index in [1.165, 1.54) is 0 Å². The van der Waals surface area contributed by atoms with Crippen LogP contribution in [0.25, 0.3) is 0 Å². The number of rotatable bonds is 12. The molecule has 0 saturated heterocycles. The molecule has 0 spiro atoms. The van der Waals surface area contributed by atoms with E-state index in [1.54, 1.807) is 0 Å². The summed E-state index contributed by atoms with van der Waals surface area (Å²) in [7, 11) is 0. The van der Waals surface area contributed by atoms with E-state index >= 15 is 0 Å². The van der Waals surface area contributed by atoms with Crippen molar-refractivity contribution in [3.8, 4) is 0 Å². The van der Waals surface area contributed by atoms with Crippen LogP contribution in [0.1, 0.15) is 109 Å². The molecule has 31 heavy (non-hydrogen) atoms. The first kappa shape index (κ1) is 37.9. The third kappa shape index (κ3) is 20.3. The normalized spacial score (nSPS) is 13.9. The van der Waals surface area contributed by atoms with Crippen LogP contribution in [0.15, 0.2) is 0 Å². The molecule has 0 aliphatic heterocycles. The van der Waals surface area contributed by atoms with Crippen molar-refractivity contribution < 1.29 is 38.4 Å². The summed E-state index contributed by atoms with van der Waals surface area (Å²) in [6.45, 7) is 23.9. The van der Waals surface area contributed by atoms with E-state index < -0.39 is 11.5 Å². The first-order chi connectivity index (χ1) is 13.1. The van der Waals surface area contributed by atoms with E-state index in [4.69, 9.17) is 0 Å². The Labute approximate surface area is 221 Å². The van der Waals surface area contributed by atoms with Gasteiger partial charge in [-0.1, -0.05) is 129 Å². The minimum atomic E-state index is -3.39. The molecule has 0 bridgehead atoms. The van der Waals surface area contributed by atoms with E-state index in [2.05, 4.69) is 0 Å². The monoisotopic (exact) mass is 602 g/mol. The summed E-state index contributed by atoms with van der Waals surface area (Å²) in [4.78, 5) is 23.9. The molecule has 0 fully saturated rings. The predicted molar refractivity (Wildman–Crippen MR) is 143 cm³/mol. The van der Waals surface area contributed by atoms with Gasteiger partial charge in [-0.05, 0) is 25.7 Å². The summed E-state index contributed by atoms with van der Waals surface area (Å²) >= 11 is 4.44. The predicted octanol–water partition coefficient (Wildman–Crippen LogP) is 8.59. The van der Waals surface area contributed by atoms with Crippen molar-refractivity contribution in [2.45, 2.75) is 128 Å². The van der Waals surface area contributed by atoms with Gasteiger partial charge in [-0.3, -0.25) is 0 Å². The zero-order valence-corrected chi connectivity index (χ0v) is 29.7. The van der Waals surface area contributed by atoms with Crippen molar-refractivity contribution in [2.75, 3.05) is 0 Å². The van der Waals surface area contributed by atoms with Crippen molar-refractivity contribution >= 4 is 57.1 Å². The average Bonchev–Trinajstić information content (AvgIpc) is 2.51. The molecule has 0 saturated carbocycles. The van der Waals surface area contributed by atoms with Crippen molar-refractivity contribution in [1.29, 1.82) is 0 Å². The van der Waals surface area contributed by atoms with Gasteiger partial charge < -0.3 is 18.9 Å². The number of hydrogen-bond donors (Lipinski definition) is 0. The van der Waals surface area contributed by atoms with Gasteiger partial charge in [0.05, 0.1) is 0 Å². The fraction of sp³-hybridized carbons (Fsp3) is 1.00. The standard InChI is InChI=1S/2C10H23O2PS2.Zn/c2*1-7-9(3,4)14-13(11,12)15-10(5,6)8-2;/h2*7-8H2,1-6H3,(H,11,12);/q;;+2/p-2. The summed E-state index contributed by atoms with van der Waals surface area (Å²) < 4.78 is 23.1. The van der Waals surface area contributed by atoms with Crippen LogP contribution in [0.5, 0.6) is 0 Å². The van der Waals surface area contributed by atoms with Gasteiger partial charge in [-0.15, -0.1) is 0 Å². The third-order valence-corrected chi connectivity index (χ3v) is 20.2. The molecule has 184 valence electrons. The minimum Gasteiger partial charge on any atom is -0.784 e. The quantitative estimate of drug-likeness (QED) is 0.162. The molecular weight excluding hydrogens is 560 g/mol. The molecule has 0 aliphatic rings. The van der Waals surface area contributed by atoms with Gasteiger partial charge in [-0.25, -0.2) is 0 Å². The molecular formula is C20H44O4P2S4Zn. The number of hydrogen-bond acceptors (Lipinski definition) is 8. The summed E-state index contributed by atoms with van der Waals surface area (Å²) in [5.74, 6) is -6.77. The Morgan fingerprint density at radius 1 is 0.516 bits per heavy atom. The molecule has 0 unspecified atom stereocenters. The van der Waals surface area contributed by atoms with Crippen LogP contribution in [-0.2, 0) is 28.6 Å². The van der Waals surface area contributed by atoms with E-state index in [0.29, 0.717) is 0 Å². The molecule has 0 atom stereocenters. The Bertz CT molecular complexity index is 518. The SMILES string of the molecule is CCC(C)(C)SP(=O)([O-])SC(C)(C)CC.CCC(C)(C)SP(=O)([O-])SC(C)(C)CC.[Zn+2]. The van der Waals surface area contributed by atoms with E-state index in [1.807, 2.05) is 83.1 Å². The van der Waals surface area contributed by atoms with Gasteiger partial charge in [0, 0.05) is 19.0 Å². The molecule has 0 rings (SSSR count). The zero-order valence-electron chi connectivity index (χ0n) is 21.7. The molecule has 0 aromatic heterocycles. The maximum Gasteiger partial charge on any atom is 2.00 e. The second-order valence-corrected chi connectivity index (χ2v) is 26.0. The van der Waals surface area contributed by atoms with Crippen LogP contribution in [0, 0.1) is 0 Å². The van der Waals surface area contributed by atoms with E-state index in [9.17, 15) is 18.9 Å². The Morgan fingerprint density at radius 2 is 0.645 bits per heavy atom. The van der Waals surface area contributed by atoms with Gasteiger partial charge >= 0.3 is 19.5 Å². The van der Waals surface area contributed by atoms with Crippen LogP contribution >= 0.6 is 57.1 Å². The molecule has 0 N–H and O–H groups in total. The Balaban J connectivity index is -0.000000490. The fourth-order valence-electron chi connectivity index (χ4n) is 1.51. The van der Waals surface area contributed by atoms with Gasteiger partial charge in [-0.2, -0.15) is 0 Å².